The van der Waals surface area contributed by atoms with Crippen LogP contribution >= 0.6 is 0 Å². The Bertz CT molecular complexity index is 571. The smallest absolute Gasteiger partial charge is 0.310 e. The number of ether oxygens (including phenoxy) is 1. The molecule has 1 aromatic rings. The van der Waals surface area contributed by atoms with Gasteiger partial charge in [-0.1, -0.05) is 6.07 Å². The zero-order valence-electron chi connectivity index (χ0n) is 11.5. The molecule has 8 heteroatoms. The molecule has 0 unspecified atom stereocenters. The minimum Gasteiger partial charge on any atom is -0.385 e. The number of hydrogen-bond donors (Lipinski definition) is 1. The molecule has 20 heavy (non-hydrogen) atoms. The molecule has 7 nitrogen and oxygen atoms in total. The molecule has 0 heterocycles. The number of nitro benzene ring substituents is 1. The largest absolute Gasteiger partial charge is 0.385 e. The molecule has 112 valence electrons. The molecule has 0 spiro atoms. The summed E-state index contributed by atoms with van der Waals surface area (Å²) in [5.41, 5.74) is -0.183. The van der Waals surface area contributed by atoms with E-state index in [0.717, 1.165) is 19.1 Å². The second-order valence-corrected chi connectivity index (χ2v) is 6.29. The van der Waals surface area contributed by atoms with Crippen molar-refractivity contribution in [3.05, 3.63) is 28.3 Å². The monoisotopic (exact) mass is 302 g/mol. The zero-order chi connectivity index (χ0) is 15.2. The number of unbranched alkanes of at least 4 members (excludes halogenated alkanes) is 1. The molecule has 0 amide bonds. The average Bonchev–Trinajstić information content (AvgIpc) is 2.37. The standard InChI is InChI=1S/C12H18N2O5S/c1-19-9-4-3-8-13-10-6-5-7-11(20(2,17)18)12(10)14(15)16/h5-7,13H,3-4,8-9H2,1-2H3. The zero-order valence-corrected chi connectivity index (χ0v) is 12.3. The van der Waals surface area contributed by atoms with Crippen molar-refractivity contribution in [1.82, 2.24) is 0 Å². The van der Waals surface area contributed by atoms with Crippen molar-refractivity contribution in [3.63, 3.8) is 0 Å². The van der Waals surface area contributed by atoms with Gasteiger partial charge in [-0.25, -0.2) is 8.42 Å². The van der Waals surface area contributed by atoms with Crippen LogP contribution in [0.3, 0.4) is 0 Å². The highest BCUT2D eigenvalue weighted by Crippen LogP contribution is 2.31. The van der Waals surface area contributed by atoms with Crippen molar-refractivity contribution in [2.24, 2.45) is 0 Å². The number of methoxy groups -OCH3 is 1. The SMILES string of the molecule is COCCCCNc1cccc(S(C)(=O)=O)c1[N+](=O)[O-]. The van der Waals surface area contributed by atoms with Crippen molar-refractivity contribution < 1.29 is 18.1 Å². The summed E-state index contributed by atoms with van der Waals surface area (Å²) in [4.78, 5) is 10.2. The number of hydrogen-bond acceptors (Lipinski definition) is 6. The number of rotatable bonds is 8. The third-order valence-electron chi connectivity index (χ3n) is 2.67. The second-order valence-electron chi connectivity index (χ2n) is 4.31. The predicted octanol–water partition coefficient (Wildman–Crippen LogP) is 1.84. The van der Waals surface area contributed by atoms with Gasteiger partial charge in [-0.15, -0.1) is 0 Å². The number of anilines is 1. The van der Waals surface area contributed by atoms with Gasteiger partial charge >= 0.3 is 5.69 Å². The summed E-state index contributed by atoms with van der Waals surface area (Å²) in [6.45, 7) is 1.13. The van der Waals surface area contributed by atoms with Crippen LogP contribution in [0.2, 0.25) is 0 Å². The molecule has 1 aromatic carbocycles. The quantitative estimate of drug-likeness (QED) is 0.447. The Morgan fingerprint density at radius 1 is 1.35 bits per heavy atom. The highest BCUT2D eigenvalue weighted by atomic mass is 32.2. The van der Waals surface area contributed by atoms with Crippen molar-refractivity contribution in [2.75, 3.05) is 31.8 Å². The Kier molecular flexibility index (Phi) is 5.90. The van der Waals surface area contributed by atoms with Crippen LogP contribution in [0.25, 0.3) is 0 Å². The third-order valence-corrected chi connectivity index (χ3v) is 3.80. The fourth-order valence-electron chi connectivity index (χ4n) is 1.75. The highest BCUT2D eigenvalue weighted by Gasteiger charge is 2.25. The first kappa shape index (κ1) is 16.4. The van der Waals surface area contributed by atoms with Crippen LogP contribution in [-0.2, 0) is 14.6 Å². The van der Waals surface area contributed by atoms with Crippen LogP contribution in [0, 0.1) is 10.1 Å². The van der Waals surface area contributed by atoms with Crippen molar-refractivity contribution in [1.29, 1.82) is 0 Å². The van der Waals surface area contributed by atoms with Gasteiger partial charge in [-0.2, -0.15) is 0 Å². The van der Waals surface area contributed by atoms with E-state index in [2.05, 4.69) is 5.32 Å². The number of para-hydroxylation sites is 1. The van der Waals surface area contributed by atoms with Crippen LogP contribution in [0.1, 0.15) is 12.8 Å². The maximum atomic E-state index is 11.6. The minimum atomic E-state index is -3.64. The number of nitrogens with one attached hydrogen (secondary N) is 1. The van der Waals surface area contributed by atoms with Gasteiger partial charge < -0.3 is 10.1 Å². The first-order valence-corrected chi connectivity index (χ1v) is 7.97. The molecule has 0 bridgehead atoms. The molecule has 0 aliphatic carbocycles. The third kappa shape index (κ3) is 4.46. The van der Waals surface area contributed by atoms with Crippen LogP contribution in [0.15, 0.2) is 23.1 Å². The number of nitrogens with zero attached hydrogens (tertiary/aromatic N) is 1. The van der Waals surface area contributed by atoms with Crippen molar-refractivity contribution in [3.8, 4) is 0 Å². The molecular formula is C12H18N2O5S. The molecule has 0 aliphatic rings. The summed E-state index contributed by atoms with van der Waals surface area (Å²) in [6, 6.07) is 4.23. The van der Waals surface area contributed by atoms with E-state index in [1.54, 1.807) is 7.11 Å². The van der Waals surface area contributed by atoms with E-state index >= 15 is 0 Å². The predicted molar refractivity (Wildman–Crippen MR) is 75.8 cm³/mol. The Morgan fingerprint density at radius 2 is 2.05 bits per heavy atom. The average molecular weight is 302 g/mol. The lowest BCUT2D eigenvalue weighted by Gasteiger charge is -2.09. The van der Waals surface area contributed by atoms with Gasteiger partial charge in [0.05, 0.1) is 4.92 Å². The molecule has 0 saturated carbocycles. The maximum Gasteiger partial charge on any atom is 0.310 e. The van der Waals surface area contributed by atoms with Crippen LogP contribution in [-0.4, -0.2) is 39.9 Å². The van der Waals surface area contributed by atoms with Crippen LogP contribution < -0.4 is 5.32 Å². The van der Waals surface area contributed by atoms with E-state index in [-0.39, 0.29) is 10.6 Å². The summed E-state index contributed by atoms with van der Waals surface area (Å²) >= 11 is 0. The van der Waals surface area contributed by atoms with Crippen LogP contribution in [0.4, 0.5) is 11.4 Å². The first-order chi connectivity index (χ1) is 9.38. The minimum absolute atomic E-state index is 0.218. The number of nitro groups is 1. The number of sulfone groups is 1. The van der Waals surface area contributed by atoms with Gasteiger partial charge in [0, 0.05) is 26.5 Å². The van der Waals surface area contributed by atoms with E-state index in [0.29, 0.717) is 13.2 Å². The molecule has 0 aliphatic heterocycles. The summed E-state index contributed by atoms with van der Waals surface area (Å²) in [6.07, 6.45) is 2.55. The Hall–Kier alpha value is -1.67. The molecular weight excluding hydrogens is 284 g/mol. The van der Waals surface area contributed by atoms with E-state index < -0.39 is 20.4 Å². The van der Waals surface area contributed by atoms with E-state index in [1.807, 2.05) is 0 Å². The lowest BCUT2D eigenvalue weighted by molar-refractivity contribution is -0.386. The summed E-state index contributed by atoms with van der Waals surface area (Å²) in [5, 5.41) is 14.0. The van der Waals surface area contributed by atoms with Gasteiger partial charge in [0.1, 0.15) is 10.6 Å². The lowest BCUT2D eigenvalue weighted by Crippen LogP contribution is -2.09. The van der Waals surface area contributed by atoms with Crippen LogP contribution in [0.5, 0.6) is 0 Å². The topological polar surface area (TPSA) is 98.5 Å². The Labute approximate surface area is 118 Å². The Morgan fingerprint density at radius 3 is 2.60 bits per heavy atom. The maximum absolute atomic E-state index is 11.6. The summed E-state index contributed by atoms with van der Waals surface area (Å²) < 4.78 is 28.1. The fourth-order valence-corrected chi connectivity index (χ4v) is 2.61. The second kappa shape index (κ2) is 7.20. The van der Waals surface area contributed by atoms with Gasteiger partial charge in [0.25, 0.3) is 0 Å². The molecule has 0 radical (unpaired) electrons. The van der Waals surface area contributed by atoms with E-state index in [1.165, 1.54) is 18.2 Å². The summed E-state index contributed by atoms with van der Waals surface area (Å²) in [7, 11) is -2.04. The van der Waals surface area contributed by atoms with E-state index in [4.69, 9.17) is 4.74 Å². The Balaban J connectivity index is 2.94. The molecule has 1 rings (SSSR count). The normalized spacial score (nSPS) is 11.3. The van der Waals surface area contributed by atoms with Crippen molar-refractivity contribution >= 4 is 21.2 Å². The van der Waals surface area contributed by atoms with E-state index in [9.17, 15) is 18.5 Å². The summed E-state index contributed by atoms with van der Waals surface area (Å²) in [5.74, 6) is 0. The molecule has 0 aromatic heterocycles. The van der Waals surface area contributed by atoms with Gasteiger partial charge in [0.15, 0.2) is 9.84 Å². The molecule has 0 saturated heterocycles. The van der Waals surface area contributed by atoms with Gasteiger partial charge in [-0.3, -0.25) is 10.1 Å². The van der Waals surface area contributed by atoms with Crippen molar-refractivity contribution in [2.45, 2.75) is 17.7 Å². The molecule has 0 atom stereocenters. The first-order valence-electron chi connectivity index (χ1n) is 6.08. The molecule has 1 N–H and O–H groups in total. The van der Waals surface area contributed by atoms with Gasteiger partial charge in [0.2, 0.25) is 0 Å². The lowest BCUT2D eigenvalue weighted by atomic mass is 10.2. The van der Waals surface area contributed by atoms with Gasteiger partial charge in [-0.05, 0) is 25.0 Å². The highest BCUT2D eigenvalue weighted by molar-refractivity contribution is 7.90. The molecule has 0 fully saturated rings. The number of benzene rings is 1. The fraction of sp³-hybridized carbons (Fsp3) is 0.500.